The molecule has 0 aliphatic carbocycles. The maximum atomic E-state index is 10.9. The molecule has 0 spiro atoms. The van der Waals surface area contributed by atoms with Crippen molar-refractivity contribution in [2.24, 2.45) is 0 Å². The summed E-state index contributed by atoms with van der Waals surface area (Å²) in [6, 6.07) is 5.33. The summed E-state index contributed by atoms with van der Waals surface area (Å²) in [6.45, 7) is 0. The van der Waals surface area contributed by atoms with Crippen molar-refractivity contribution in [3.63, 3.8) is 0 Å². The lowest BCUT2D eigenvalue weighted by Gasteiger charge is -2.10. The number of hydrogen-bond acceptors (Lipinski definition) is 4. The van der Waals surface area contributed by atoms with Crippen LogP contribution in [0.5, 0.6) is 0 Å². The Morgan fingerprint density at radius 3 is 2.61 bits per heavy atom. The van der Waals surface area contributed by atoms with Crippen molar-refractivity contribution in [3.8, 4) is 0 Å². The van der Waals surface area contributed by atoms with Gasteiger partial charge in [-0.1, -0.05) is 29.3 Å². The molecule has 18 heavy (non-hydrogen) atoms. The first kappa shape index (κ1) is 15.6. The van der Waals surface area contributed by atoms with Gasteiger partial charge in [0.2, 0.25) is 0 Å². The highest BCUT2D eigenvalue weighted by atomic mass is 35.5. The SMILES string of the molecule is COC(=O)C[C@@H](O)CSCc1c(Cl)cccc1Cl. The fourth-order valence-corrected chi connectivity index (χ4v) is 3.01. The number of methoxy groups -OCH3 is 1. The second-order valence-electron chi connectivity index (χ2n) is 3.65. The van der Waals surface area contributed by atoms with Crippen molar-refractivity contribution in [3.05, 3.63) is 33.8 Å². The number of rotatable bonds is 6. The van der Waals surface area contributed by atoms with Crippen molar-refractivity contribution in [2.75, 3.05) is 12.9 Å². The molecule has 0 aliphatic heterocycles. The number of esters is 1. The van der Waals surface area contributed by atoms with Crippen molar-refractivity contribution in [2.45, 2.75) is 18.3 Å². The molecule has 1 N–H and O–H groups in total. The smallest absolute Gasteiger partial charge is 0.308 e. The summed E-state index contributed by atoms with van der Waals surface area (Å²) in [5, 5.41) is 10.8. The van der Waals surface area contributed by atoms with E-state index in [1.165, 1.54) is 18.9 Å². The summed E-state index contributed by atoms with van der Waals surface area (Å²) in [5.41, 5.74) is 0.844. The van der Waals surface area contributed by atoms with Gasteiger partial charge >= 0.3 is 5.97 Å². The summed E-state index contributed by atoms with van der Waals surface area (Å²) in [4.78, 5) is 10.9. The van der Waals surface area contributed by atoms with E-state index in [-0.39, 0.29) is 6.42 Å². The van der Waals surface area contributed by atoms with E-state index in [1.54, 1.807) is 18.2 Å². The van der Waals surface area contributed by atoms with Gasteiger partial charge in [-0.05, 0) is 17.7 Å². The third kappa shape index (κ3) is 5.06. The molecule has 0 amide bonds. The highest BCUT2D eigenvalue weighted by Gasteiger charge is 2.12. The number of thioether (sulfide) groups is 1. The van der Waals surface area contributed by atoms with Gasteiger partial charge in [-0.2, -0.15) is 11.8 Å². The molecule has 1 atom stereocenters. The van der Waals surface area contributed by atoms with Crippen molar-refractivity contribution < 1.29 is 14.6 Å². The zero-order valence-corrected chi connectivity index (χ0v) is 12.2. The second kappa shape index (κ2) is 7.89. The van der Waals surface area contributed by atoms with Crippen LogP contribution in [-0.4, -0.2) is 30.0 Å². The van der Waals surface area contributed by atoms with Gasteiger partial charge in [-0.25, -0.2) is 0 Å². The minimum Gasteiger partial charge on any atom is -0.469 e. The van der Waals surface area contributed by atoms with E-state index in [0.717, 1.165) is 5.56 Å². The average molecular weight is 309 g/mol. The van der Waals surface area contributed by atoms with Crippen LogP contribution < -0.4 is 0 Å². The number of benzene rings is 1. The molecule has 3 nitrogen and oxygen atoms in total. The number of hydrogen-bond donors (Lipinski definition) is 1. The van der Waals surface area contributed by atoms with E-state index in [1.807, 2.05) is 0 Å². The standard InChI is InChI=1S/C12H14Cl2O3S/c1-17-12(16)5-8(15)6-18-7-9-10(13)3-2-4-11(9)14/h2-4,8,15H,5-7H2,1H3/t8-/m1/s1. The van der Waals surface area contributed by atoms with Crippen molar-refractivity contribution in [1.82, 2.24) is 0 Å². The number of aliphatic hydroxyl groups is 1. The van der Waals surface area contributed by atoms with Crippen LogP contribution >= 0.6 is 35.0 Å². The Hall–Kier alpha value is -0.420. The molecule has 0 saturated carbocycles. The molecule has 1 rings (SSSR count). The lowest BCUT2D eigenvalue weighted by Crippen LogP contribution is -2.16. The normalized spacial score (nSPS) is 12.2. The van der Waals surface area contributed by atoms with Gasteiger partial charge in [0.05, 0.1) is 19.6 Å². The molecule has 0 heterocycles. The Morgan fingerprint density at radius 1 is 1.44 bits per heavy atom. The Kier molecular flexibility index (Phi) is 6.86. The second-order valence-corrected chi connectivity index (χ2v) is 5.49. The minimum atomic E-state index is -0.719. The van der Waals surface area contributed by atoms with E-state index in [4.69, 9.17) is 23.2 Å². The summed E-state index contributed by atoms with van der Waals surface area (Å²) in [5.74, 6) is 0.604. The van der Waals surface area contributed by atoms with E-state index in [9.17, 15) is 9.90 Å². The summed E-state index contributed by atoms with van der Waals surface area (Å²) >= 11 is 13.5. The number of ether oxygens (including phenoxy) is 1. The molecule has 0 radical (unpaired) electrons. The van der Waals surface area contributed by atoms with E-state index < -0.39 is 12.1 Å². The van der Waals surface area contributed by atoms with Crippen LogP contribution in [-0.2, 0) is 15.3 Å². The van der Waals surface area contributed by atoms with Gasteiger partial charge in [0.25, 0.3) is 0 Å². The number of aliphatic hydroxyl groups excluding tert-OH is 1. The van der Waals surface area contributed by atoms with Gasteiger partial charge < -0.3 is 9.84 Å². The number of carbonyl (C=O) groups is 1. The van der Waals surface area contributed by atoms with E-state index in [0.29, 0.717) is 21.6 Å². The highest BCUT2D eigenvalue weighted by Crippen LogP contribution is 2.28. The van der Waals surface area contributed by atoms with Crippen LogP contribution in [0.1, 0.15) is 12.0 Å². The number of carbonyl (C=O) groups excluding carboxylic acids is 1. The topological polar surface area (TPSA) is 46.5 Å². The van der Waals surface area contributed by atoms with Crippen LogP contribution in [0.2, 0.25) is 10.0 Å². The van der Waals surface area contributed by atoms with Crippen LogP contribution in [0.4, 0.5) is 0 Å². The van der Waals surface area contributed by atoms with Crippen molar-refractivity contribution in [1.29, 1.82) is 0 Å². The van der Waals surface area contributed by atoms with Crippen LogP contribution in [0.15, 0.2) is 18.2 Å². The van der Waals surface area contributed by atoms with Gasteiger partial charge in [0.15, 0.2) is 0 Å². The first-order valence-corrected chi connectivity index (χ1v) is 7.21. The fraction of sp³-hybridized carbons (Fsp3) is 0.417. The maximum Gasteiger partial charge on any atom is 0.308 e. The molecule has 0 saturated heterocycles. The highest BCUT2D eigenvalue weighted by molar-refractivity contribution is 7.98. The monoisotopic (exact) mass is 308 g/mol. The van der Waals surface area contributed by atoms with Crippen LogP contribution in [0.25, 0.3) is 0 Å². The Labute approximate surface area is 120 Å². The zero-order chi connectivity index (χ0) is 13.5. The van der Waals surface area contributed by atoms with Crippen LogP contribution in [0, 0.1) is 0 Å². The van der Waals surface area contributed by atoms with Crippen molar-refractivity contribution >= 4 is 40.9 Å². The third-order valence-corrected chi connectivity index (χ3v) is 4.07. The van der Waals surface area contributed by atoms with E-state index >= 15 is 0 Å². The minimum absolute atomic E-state index is 0.000244. The van der Waals surface area contributed by atoms with Gasteiger partial charge in [-0.15, -0.1) is 0 Å². The maximum absolute atomic E-state index is 10.9. The molecular weight excluding hydrogens is 295 g/mol. The molecule has 1 aromatic carbocycles. The molecule has 0 aliphatic rings. The number of halogens is 2. The average Bonchev–Trinajstić information content (AvgIpc) is 2.32. The molecule has 0 aromatic heterocycles. The fourth-order valence-electron chi connectivity index (χ4n) is 1.30. The summed E-state index contributed by atoms with van der Waals surface area (Å²) < 4.78 is 4.47. The third-order valence-electron chi connectivity index (χ3n) is 2.25. The molecule has 1 aromatic rings. The molecule has 6 heteroatoms. The predicted octanol–water partition coefficient (Wildman–Crippen LogP) is 3.15. The molecular formula is C12H14Cl2O3S. The lowest BCUT2D eigenvalue weighted by molar-refractivity contribution is -0.142. The van der Waals surface area contributed by atoms with E-state index in [2.05, 4.69) is 4.74 Å². The Bertz CT molecular complexity index is 392. The lowest BCUT2D eigenvalue weighted by atomic mass is 10.2. The summed E-state index contributed by atoms with van der Waals surface area (Å²) in [6.07, 6.45) is -0.719. The molecule has 0 bridgehead atoms. The van der Waals surface area contributed by atoms with Gasteiger partial charge in [0.1, 0.15) is 0 Å². The zero-order valence-electron chi connectivity index (χ0n) is 9.86. The summed E-state index contributed by atoms with van der Waals surface area (Å²) in [7, 11) is 1.30. The molecule has 0 fully saturated rings. The molecule has 0 unspecified atom stereocenters. The molecule has 100 valence electrons. The quantitative estimate of drug-likeness (QED) is 0.820. The van der Waals surface area contributed by atoms with Gasteiger partial charge in [-0.3, -0.25) is 4.79 Å². The Balaban J connectivity index is 2.40. The van der Waals surface area contributed by atoms with Crippen LogP contribution in [0.3, 0.4) is 0 Å². The Morgan fingerprint density at radius 2 is 2.06 bits per heavy atom. The first-order valence-electron chi connectivity index (χ1n) is 5.30. The largest absolute Gasteiger partial charge is 0.469 e. The van der Waals surface area contributed by atoms with Gasteiger partial charge in [0, 0.05) is 21.6 Å². The first-order chi connectivity index (χ1) is 8.54. The predicted molar refractivity (Wildman–Crippen MR) is 75.3 cm³/mol.